The lowest BCUT2D eigenvalue weighted by molar-refractivity contribution is 0.00989. The predicted octanol–water partition coefficient (Wildman–Crippen LogP) is 3.44. The molecular formula is C22H36IN3O3. The molecule has 3 rings (SSSR count). The molecule has 0 aromatic heterocycles. The lowest BCUT2D eigenvalue weighted by Crippen LogP contribution is -2.48. The van der Waals surface area contributed by atoms with Crippen molar-refractivity contribution in [2.24, 2.45) is 4.99 Å². The average molecular weight is 517 g/mol. The Morgan fingerprint density at radius 1 is 1.14 bits per heavy atom. The second kappa shape index (κ2) is 12.0. The highest BCUT2D eigenvalue weighted by molar-refractivity contribution is 14.0. The lowest BCUT2D eigenvalue weighted by Gasteiger charge is -2.34. The van der Waals surface area contributed by atoms with Gasteiger partial charge in [0, 0.05) is 52.4 Å². The molecule has 0 amide bonds. The molecule has 6 nitrogen and oxygen atoms in total. The van der Waals surface area contributed by atoms with Crippen LogP contribution in [0.25, 0.3) is 0 Å². The van der Waals surface area contributed by atoms with Crippen LogP contribution in [0, 0.1) is 0 Å². The van der Waals surface area contributed by atoms with Gasteiger partial charge in [-0.2, -0.15) is 0 Å². The maximum absolute atomic E-state index is 5.97. The number of ether oxygens (including phenoxy) is 3. The van der Waals surface area contributed by atoms with Crippen LogP contribution in [0.15, 0.2) is 29.3 Å². The standard InChI is InChI=1S/C22H35N3O3.HI/c1-23-21(25-13-9-20(10-14-25)28-16-4-15-26-2)24-17-22(11-12-22)18-5-7-19(27-3)8-6-18;/h5-8,20H,4,9-17H2,1-3H3,(H,23,24);1H. The molecule has 2 aliphatic rings. The van der Waals surface area contributed by atoms with Crippen LogP contribution in [0.5, 0.6) is 5.75 Å². The molecule has 1 aromatic rings. The number of aliphatic imine (C=N–C) groups is 1. The molecule has 0 bridgehead atoms. The fraction of sp³-hybridized carbons (Fsp3) is 0.682. The minimum Gasteiger partial charge on any atom is -0.497 e. The van der Waals surface area contributed by atoms with E-state index in [-0.39, 0.29) is 29.4 Å². The van der Waals surface area contributed by atoms with Gasteiger partial charge in [-0.15, -0.1) is 24.0 Å². The van der Waals surface area contributed by atoms with Gasteiger partial charge in [-0.05, 0) is 49.8 Å². The van der Waals surface area contributed by atoms with Crippen molar-refractivity contribution in [1.29, 1.82) is 0 Å². The summed E-state index contributed by atoms with van der Waals surface area (Å²) in [5.41, 5.74) is 1.63. The molecule has 1 aliphatic carbocycles. The molecule has 1 saturated heterocycles. The summed E-state index contributed by atoms with van der Waals surface area (Å²) in [5, 5.41) is 3.63. The molecule has 1 aliphatic heterocycles. The molecule has 0 atom stereocenters. The van der Waals surface area contributed by atoms with E-state index in [9.17, 15) is 0 Å². The lowest BCUT2D eigenvalue weighted by atomic mass is 9.96. The fourth-order valence-electron chi connectivity index (χ4n) is 3.93. The van der Waals surface area contributed by atoms with E-state index in [2.05, 4.69) is 39.5 Å². The Kier molecular flexibility index (Phi) is 9.98. The zero-order valence-electron chi connectivity index (χ0n) is 18.0. The van der Waals surface area contributed by atoms with Crippen molar-refractivity contribution in [3.63, 3.8) is 0 Å². The van der Waals surface area contributed by atoms with Gasteiger partial charge in [-0.25, -0.2) is 0 Å². The van der Waals surface area contributed by atoms with Gasteiger partial charge >= 0.3 is 0 Å². The van der Waals surface area contributed by atoms with Crippen LogP contribution in [0.3, 0.4) is 0 Å². The Morgan fingerprint density at radius 2 is 1.83 bits per heavy atom. The Morgan fingerprint density at radius 3 is 2.38 bits per heavy atom. The molecule has 1 aromatic carbocycles. The molecule has 0 radical (unpaired) electrons. The van der Waals surface area contributed by atoms with Gasteiger partial charge in [0.1, 0.15) is 5.75 Å². The van der Waals surface area contributed by atoms with Gasteiger partial charge < -0.3 is 24.4 Å². The Bertz CT molecular complexity index is 627. The van der Waals surface area contributed by atoms with Crippen LogP contribution in [-0.2, 0) is 14.9 Å². The maximum atomic E-state index is 5.97. The van der Waals surface area contributed by atoms with E-state index in [4.69, 9.17) is 14.2 Å². The predicted molar refractivity (Wildman–Crippen MR) is 128 cm³/mol. The maximum Gasteiger partial charge on any atom is 0.193 e. The van der Waals surface area contributed by atoms with Crippen LogP contribution < -0.4 is 10.1 Å². The van der Waals surface area contributed by atoms with Gasteiger partial charge in [0.05, 0.1) is 13.2 Å². The van der Waals surface area contributed by atoms with E-state index in [0.29, 0.717) is 6.10 Å². The van der Waals surface area contributed by atoms with Crippen molar-refractivity contribution >= 4 is 29.9 Å². The zero-order chi connectivity index (χ0) is 19.8. The normalized spacial score (nSPS) is 18.9. The Hall–Kier alpha value is -1.06. The minimum absolute atomic E-state index is 0. The molecule has 2 fully saturated rings. The summed E-state index contributed by atoms with van der Waals surface area (Å²) in [6.07, 6.45) is 5.88. The number of benzene rings is 1. The van der Waals surface area contributed by atoms with Crippen molar-refractivity contribution in [2.45, 2.75) is 43.6 Å². The number of methoxy groups -OCH3 is 2. The monoisotopic (exact) mass is 517 g/mol. The summed E-state index contributed by atoms with van der Waals surface area (Å²) in [6, 6.07) is 8.51. The first-order valence-electron chi connectivity index (χ1n) is 10.4. The largest absolute Gasteiger partial charge is 0.497 e. The van der Waals surface area contributed by atoms with Crippen LogP contribution >= 0.6 is 24.0 Å². The van der Waals surface area contributed by atoms with Gasteiger partial charge in [0.15, 0.2) is 5.96 Å². The third kappa shape index (κ3) is 6.72. The summed E-state index contributed by atoms with van der Waals surface area (Å²) in [4.78, 5) is 6.89. The SMILES string of the molecule is CN=C(NCC1(c2ccc(OC)cc2)CC1)N1CCC(OCCCOC)CC1.I. The van der Waals surface area contributed by atoms with E-state index in [1.165, 1.54) is 18.4 Å². The third-order valence-electron chi connectivity index (χ3n) is 5.94. The topological polar surface area (TPSA) is 55.3 Å². The van der Waals surface area contributed by atoms with E-state index in [0.717, 1.165) is 63.8 Å². The first-order chi connectivity index (χ1) is 13.7. The minimum atomic E-state index is 0. The summed E-state index contributed by atoms with van der Waals surface area (Å²) >= 11 is 0. The highest BCUT2D eigenvalue weighted by atomic mass is 127. The number of likely N-dealkylation sites (tertiary alicyclic amines) is 1. The Balaban J connectivity index is 0.00000300. The number of nitrogens with one attached hydrogen (secondary N) is 1. The van der Waals surface area contributed by atoms with Gasteiger partial charge in [-0.1, -0.05) is 12.1 Å². The number of hydrogen-bond acceptors (Lipinski definition) is 4. The molecule has 1 N–H and O–H groups in total. The summed E-state index contributed by atoms with van der Waals surface area (Å²) in [6.45, 7) is 4.47. The van der Waals surface area contributed by atoms with E-state index >= 15 is 0 Å². The molecule has 164 valence electrons. The van der Waals surface area contributed by atoms with Crippen LogP contribution in [0.2, 0.25) is 0 Å². The number of piperidine rings is 1. The second-order valence-corrected chi connectivity index (χ2v) is 7.81. The first-order valence-corrected chi connectivity index (χ1v) is 10.4. The molecule has 1 heterocycles. The van der Waals surface area contributed by atoms with Gasteiger partial charge in [-0.3, -0.25) is 4.99 Å². The fourth-order valence-corrected chi connectivity index (χ4v) is 3.93. The van der Waals surface area contributed by atoms with Gasteiger partial charge in [0.2, 0.25) is 0 Å². The van der Waals surface area contributed by atoms with Crippen molar-refractivity contribution in [3.8, 4) is 5.75 Å². The van der Waals surface area contributed by atoms with Gasteiger partial charge in [0.25, 0.3) is 0 Å². The van der Waals surface area contributed by atoms with E-state index in [1.807, 2.05) is 7.05 Å². The first kappa shape index (κ1) is 24.2. The van der Waals surface area contributed by atoms with Crippen molar-refractivity contribution in [3.05, 3.63) is 29.8 Å². The molecular weight excluding hydrogens is 481 g/mol. The van der Waals surface area contributed by atoms with Crippen molar-refractivity contribution in [1.82, 2.24) is 10.2 Å². The van der Waals surface area contributed by atoms with Crippen LogP contribution in [-0.4, -0.2) is 71.1 Å². The van der Waals surface area contributed by atoms with E-state index < -0.39 is 0 Å². The number of hydrogen-bond donors (Lipinski definition) is 1. The molecule has 7 heteroatoms. The summed E-state index contributed by atoms with van der Waals surface area (Å²) < 4.78 is 16.3. The number of nitrogens with zero attached hydrogens (tertiary/aromatic N) is 2. The van der Waals surface area contributed by atoms with Crippen molar-refractivity contribution in [2.75, 3.05) is 54.1 Å². The molecule has 1 saturated carbocycles. The zero-order valence-corrected chi connectivity index (χ0v) is 20.3. The number of guanidine groups is 1. The Labute approximate surface area is 192 Å². The van der Waals surface area contributed by atoms with Crippen LogP contribution in [0.4, 0.5) is 0 Å². The number of halogens is 1. The number of rotatable bonds is 9. The molecule has 0 unspecified atom stereocenters. The summed E-state index contributed by atoms with van der Waals surface area (Å²) in [7, 11) is 5.32. The quantitative estimate of drug-likeness (QED) is 0.236. The second-order valence-electron chi connectivity index (χ2n) is 7.81. The summed E-state index contributed by atoms with van der Waals surface area (Å²) in [5.74, 6) is 1.92. The third-order valence-corrected chi connectivity index (χ3v) is 5.94. The average Bonchev–Trinajstić information content (AvgIpc) is 3.54. The highest BCUT2D eigenvalue weighted by Gasteiger charge is 2.44. The molecule has 0 spiro atoms. The van der Waals surface area contributed by atoms with Crippen molar-refractivity contribution < 1.29 is 14.2 Å². The van der Waals surface area contributed by atoms with E-state index in [1.54, 1.807) is 14.2 Å². The highest BCUT2D eigenvalue weighted by Crippen LogP contribution is 2.47. The molecule has 29 heavy (non-hydrogen) atoms. The smallest absolute Gasteiger partial charge is 0.193 e. The van der Waals surface area contributed by atoms with Crippen LogP contribution in [0.1, 0.15) is 37.7 Å².